The van der Waals surface area contributed by atoms with Gasteiger partial charge in [0.2, 0.25) is 0 Å². The van der Waals surface area contributed by atoms with Gasteiger partial charge in [-0.15, -0.1) is 0 Å². The van der Waals surface area contributed by atoms with Gasteiger partial charge in [0, 0.05) is 10.8 Å². The maximum Gasteiger partial charge on any atom is 0.0709 e. The number of nitrogens with zero attached hydrogens (tertiary/aromatic N) is 2. The van der Waals surface area contributed by atoms with Crippen molar-refractivity contribution in [2.24, 2.45) is 0 Å². The summed E-state index contributed by atoms with van der Waals surface area (Å²) in [6, 6.07) is 33.1. The van der Waals surface area contributed by atoms with Crippen LogP contribution in [0.5, 0.6) is 0 Å². The third-order valence-corrected chi connectivity index (χ3v) is 5.07. The fourth-order valence-corrected chi connectivity index (χ4v) is 3.43. The Bertz CT molecular complexity index is 1270. The molecule has 0 saturated carbocycles. The minimum atomic E-state index is 0.958. The molecule has 2 heterocycles. The van der Waals surface area contributed by atoms with Gasteiger partial charge >= 0.3 is 0 Å². The monoisotopic (exact) mass is 384 g/mol. The molecule has 0 aliphatic carbocycles. The van der Waals surface area contributed by atoms with E-state index in [9.17, 15) is 0 Å². The molecule has 30 heavy (non-hydrogen) atoms. The fourth-order valence-electron chi connectivity index (χ4n) is 3.43. The van der Waals surface area contributed by atoms with E-state index in [1.165, 1.54) is 0 Å². The number of hydrogen-bond donors (Lipinski definition) is 0. The molecule has 5 rings (SSSR count). The fraction of sp³-hybridized carbons (Fsp3) is 0. The SMILES string of the molecule is C(=Cc1ccc2ccccc2n1)c1ccc(C=Cc2ccc3ccccc3n2)cc1. The van der Waals surface area contributed by atoms with Gasteiger partial charge < -0.3 is 0 Å². The molecule has 2 aromatic heterocycles. The highest BCUT2D eigenvalue weighted by atomic mass is 14.7. The quantitative estimate of drug-likeness (QED) is 0.329. The van der Waals surface area contributed by atoms with Crippen LogP contribution in [0.25, 0.3) is 46.1 Å². The summed E-state index contributed by atoms with van der Waals surface area (Å²) in [5.74, 6) is 0. The van der Waals surface area contributed by atoms with Crippen LogP contribution in [-0.2, 0) is 0 Å². The van der Waals surface area contributed by atoms with Crippen molar-refractivity contribution in [2.75, 3.05) is 0 Å². The maximum absolute atomic E-state index is 4.69. The summed E-state index contributed by atoms with van der Waals surface area (Å²) in [6.07, 6.45) is 8.29. The third-order valence-electron chi connectivity index (χ3n) is 5.07. The lowest BCUT2D eigenvalue weighted by atomic mass is 10.1. The lowest BCUT2D eigenvalue weighted by Crippen LogP contribution is -1.83. The van der Waals surface area contributed by atoms with E-state index in [1.807, 2.05) is 48.5 Å². The first-order valence-corrected chi connectivity index (χ1v) is 10.0. The van der Waals surface area contributed by atoms with Crippen molar-refractivity contribution >= 4 is 46.1 Å². The number of aromatic nitrogens is 2. The second kappa shape index (κ2) is 8.14. The summed E-state index contributed by atoms with van der Waals surface area (Å²) in [4.78, 5) is 9.38. The molecule has 2 nitrogen and oxygen atoms in total. The Kier molecular flexibility index (Phi) is 4.89. The second-order valence-electron chi connectivity index (χ2n) is 7.19. The Morgan fingerprint density at radius 2 is 0.833 bits per heavy atom. The van der Waals surface area contributed by atoms with Gasteiger partial charge in [-0.05, 0) is 47.5 Å². The van der Waals surface area contributed by atoms with Crippen LogP contribution >= 0.6 is 0 Å². The molecule has 0 aliphatic heterocycles. The lowest BCUT2D eigenvalue weighted by Gasteiger charge is -2.00. The molecule has 3 aromatic carbocycles. The Morgan fingerprint density at radius 1 is 0.400 bits per heavy atom. The van der Waals surface area contributed by atoms with E-state index in [-0.39, 0.29) is 0 Å². The number of para-hydroxylation sites is 2. The van der Waals surface area contributed by atoms with Gasteiger partial charge in [0.15, 0.2) is 0 Å². The van der Waals surface area contributed by atoms with Crippen molar-refractivity contribution in [3.05, 3.63) is 120 Å². The Hall–Kier alpha value is -4.04. The zero-order chi connectivity index (χ0) is 20.2. The van der Waals surface area contributed by atoms with Crippen LogP contribution in [0.2, 0.25) is 0 Å². The molecular formula is C28H20N2. The van der Waals surface area contributed by atoms with Crippen molar-refractivity contribution in [2.45, 2.75) is 0 Å². The van der Waals surface area contributed by atoms with Crippen LogP contribution in [0.3, 0.4) is 0 Å². The first-order valence-electron chi connectivity index (χ1n) is 10.0. The molecule has 5 aromatic rings. The molecule has 0 atom stereocenters. The van der Waals surface area contributed by atoms with E-state index in [0.717, 1.165) is 44.3 Å². The molecular weight excluding hydrogens is 364 g/mol. The van der Waals surface area contributed by atoms with Crippen LogP contribution in [0.15, 0.2) is 97.1 Å². The molecule has 142 valence electrons. The highest BCUT2D eigenvalue weighted by Crippen LogP contribution is 2.16. The molecule has 0 unspecified atom stereocenters. The third kappa shape index (κ3) is 4.03. The first kappa shape index (κ1) is 18.0. The topological polar surface area (TPSA) is 25.8 Å². The summed E-state index contributed by atoms with van der Waals surface area (Å²) in [5, 5.41) is 2.32. The number of rotatable bonds is 4. The molecule has 0 fully saturated rings. The molecule has 0 radical (unpaired) electrons. The molecule has 0 amide bonds. The molecule has 0 spiro atoms. The van der Waals surface area contributed by atoms with E-state index in [0.29, 0.717) is 0 Å². The van der Waals surface area contributed by atoms with Gasteiger partial charge in [-0.1, -0.05) is 84.9 Å². The van der Waals surface area contributed by atoms with Crippen LogP contribution < -0.4 is 0 Å². The summed E-state index contributed by atoms with van der Waals surface area (Å²) in [6.45, 7) is 0. The Labute approximate surface area is 175 Å². The van der Waals surface area contributed by atoms with Gasteiger partial charge in [-0.2, -0.15) is 0 Å². The summed E-state index contributed by atoms with van der Waals surface area (Å²) in [7, 11) is 0. The standard InChI is InChI=1S/C28H20N2/c1-3-7-27-23(5-1)15-19-25(29-27)17-13-21-9-11-22(12-10-21)14-18-26-20-16-24-6-2-4-8-28(24)30-26/h1-20H. The summed E-state index contributed by atoms with van der Waals surface area (Å²) >= 11 is 0. The van der Waals surface area contributed by atoms with E-state index in [4.69, 9.17) is 0 Å². The minimum Gasteiger partial charge on any atom is -0.248 e. The van der Waals surface area contributed by atoms with Crippen molar-refractivity contribution in [3.63, 3.8) is 0 Å². The van der Waals surface area contributed by atoms with E-state index in [2.05, 4.69) is 82.8 Å². The van der Waals surface area contributed by atoms with Gasteiger partial charge in [-0.3, -0.25) is 0 Å². The van der Waals surface area contributed by atoms with Gasteiger partial charge in [0.05, 0.1) is 22.4 Å². The van der Waals surface area contributed by atoms with Crippen molar-refractivity contribution in [1.82, 2.24) is 9.97 Å². The number of benzene rings is 3. The Morgan fingerprint density at radius 3 is 1.30 bits per heavy atom. The van der Waals surface area contributed by atoms with Crippen LogP contribution in [0.1, 0.15) is 22.5 Å². The summed E-state index contributed by atoms with van der Waals surface area (Å²) in [5.41, 5.74) is 6.24. The lowest BCUT2D eigenvalue weighted by molar-refractivity contribution is 1.37. The molecule has 0 saturated heterocycles. The van der Waals surface area contributed by atoms with Gasteiger partial charge in [0.25, 0.3) is 0 Å². The first-order chi connectivity index (χ1) is 14.8. The Balaban J connectivity index is 1.30. The normalized spacial score (nSPS) is 11.7. The van der Waals surface area contributed by atoms with E-state index < -0.39 is 0 Å². The highest BCUT2D eigenvalue weighted by molar-refractivity contribution is 5.82. The molecule has 0 bridgehead atoms. The number of hydrogen-bond acceptors (Lipinski definition) is 2. The summed E-state index contributed by atoms with van der Waals surface area (Å²) < 4.78 is 0. The van der Waals surface area contributed by atoms with Crippen molar-refractivity contribution < 1.29 is 0 Å². The average molecular weight is 384 g/mol. The minimum absolute atomic E-state index is 0.958. The van der Waals surface area contributed by atoms with Crippen molar-refractivity contribution in [1.29, 1.82) is 0 Å². The predicted molar refractivity (Wildman–Crippen MR) is 128 cm³/mol. The molecule has 0 N–H and O–H groups in total. The number of pyridine rings is 2. The van der Waals surface area contributed by atoms with Gasteiger partial charge in [-0.25, -0.2) is 9.97 Å². The zero-order valence-corrected chi connectivity index (χ0v) is 16.4. The van der Waals surface area contributed by atoms with Crippen LogP contribution in [-0.4, -0.2) is 9.97 Å². The van der Waals surface area contributed by atoms with E-state index in [1.54, 1.807) is 0 Å². The largest absolute Gasteiger partial charge is 0.248 e. The second-order valence-corrected chi connectivity index (χ2v) is 7.19. The van der Waals surface area contributed by atoms with E-state index >= 15 is 0 Å². The predicted octanol–water partition coefficient (Wildman–Crippen LogP) is 7.12. The highest BCUT2D eigenvalue weighted by Gasteiger charge is 1.96. The zero-order valence-electron chi connectivity index (χ0n) is 16.4. The molecule has 0 aliphatic rings. The van der Waals surface area contributed by atoms with Crippen LogP contribution in [0, 0.1) is 0 Å². The smallest absolute Gasteiger partial charge is 0.0709 e. The van der Waals surface area contributed by atoms with Gasteiger partial charge in [0.1, 0.15) is 0 Å². The average Bonchev–Trinajstić information content (AvgIpc) is 2.82. The molecule has 2 heteroatoms. The maximum atomic E-state index is 4.69. The van der Waals surface area contributed by atoms with Crippen LogP contribution in [0.4, 0.5) is 0 Å². The van der Waals surface area contributed by atoms with Crippen molar-refractivity contribution in [3.8, 4) is 0 Å². The number of fused-ring (bicyclic) bond motifs is 2.